The highest BCUT2D eigenvalue weighted by Gasteiger charge is 2.28. The van der Waals surface area contributed by atoms with Crippen LogP contribution in [0, 0.1) is 0 Å². The zero-order valence-corrected chi connectivity index (χ0v) is 18.1. The maximum Gasteiger partial charge on any atom is 0.130 e. The predicted molar refractivity (Wildman–Crippen MR) is 129 cm³/mol. The summed E-state index contributed by atoms with van der Waals surface area (Å²) in [7, 11) is 1.96. The third-order valence-corrected chi connectivity index (χ3v) is 5.91. The van der Waals surface area contributed by atoms with E-state index in [1.165, 1.54) is 5.56 Å². The minimum Gasteiger partial charge on any atom is -0.457 e. The topological polar surface area (TPSA) is 77.1 Å². The molecule has 0 amide bonds. The van der Waals surface area contributed by atoms with Gasteiger partial charge in [-0.1, -0.05) is 36.4 Å². The fourth-order valence-electron chi connectivity index (χ4n) is 4.36. The van der Waals surface area contributed by atoms with Crippen LogP contribution in [0.4, 0.5) is 11.5 Å². The molecule has 0 saturated carbocycles. The first-order valence-corrected chi connectivity index (χ1v) is 10.9. The van der Waals surface area contributed by atoms with Gasteiger partial charge in [-0.3, -0.25) is 0 Å². The van der Waals surface area contributed by atoms with Crippen LogP contribution in [0.5, 0.6) is 11.5 Å². The molecule has 1 atom stereocenters. The summed E-state index contributed by atoms with van der Waals surface area (Å²) in [6.45, 7) is 1.30. The Bertz CT molecular complexity index is 1200. The second kappa shape index (κ2) is 8.77. The highest BCUT2D eigenvalue weighted by molar-refractivity contribution is 5.71. The molecule has 1 aliphatic rings. The van der Waals surface area contributed by atoms with Gasteiger partial charge in [-0.25, -0.2) is 4.68 Å². The molecule has 0 aliphatic carbocycles. The number of para-hydroxylation sites is 2. The molecule has 1 aliphatic heterocycles. The number of nitrogens with two attached hydrogens (primary N) is 1. The van der Waals surface area contributed by atoms with Gasteiger partial charge in [-0.15, -0.1) is 0 Å². The van der Waals surface area contributed by atoms with Gasteiger partial charge in [-0.05, 0) is 54.4 Å². The molecule has 6 heteroatoms. The Morgan fingerprint density at radius 1 is 1.00 bits per heavy atom. The average Bonchev–Trinajstić information content (AvgIpc) is 3.24. The minimum absolute atomic E-state index is 0.148. The summed E-state index contributed by atoms with van der Waals surface area (Å²) in [6.07, 6.45) is 0.959. The van der Waals surface area contributed by atoms with Crippen molar-refractivity contribution >= 4 is 11.5 Å². The molecule has 32 heavy (non-hydrogen) atoms. The Morgan fingerprint density at radius 2 is 1.72 bits per heavy atom. The Morgan fingerprint density at radius 3 is 2.47 bits per heavy atom. The summed E-state index contributed by atoms with van der Waals surface area (Å²) < 4.78 is 8.04. The van der Waals surface area contributed by atoms with Crippen LogP contribution in [0.15, 0.2) is 78.9 Å². The van der Waals surface area contributed by atoms with Crippen molar-refractivity contribution in [3.8, 4) is 22.8 Å². The largest absolute Gasteiger partial charge is 0.457 e. The summed E-state index contributed by atoms with van der Waals surface area (Å²) in [5, 5.41) is 11.9. The van der Waals surface area contributed by atoms with Crippen molar-refractivity contribution in [1.29, 1.82) is 0 Å². The first-order valence-electron chi connectivity index (χ1n) is 10.9. The third kappa shape index (κ3) is 3.69. The van der Waals surface area contributed by atoms with E-state index in [-0.39, 0.29) is 6.04 Å². The molecular weight excluding hydrogens is 398 g/mol. The van der Waals surface area contributed by atoms with Crippen molar-refractivity contribution in [2.45, 2.75) is 19.0 Å². The van der Waals surface area contributed by atoms with Crippen LogP contribution < -0.4 is 21.1 Å². The number of fused-ring (bicyclic) bond motifs is 1. The molecule has 3 aromatic carbocycles. The maximum atomic E-state index is 6.20. The predicted octanol–water partition coefficient (Wildman–Crippen LogP) is 5.25. The van der Waals surface area contributed by atoms with E-state index in [2.05, 4.69) is 39.6 Å². The normalized spacial score (nSPS) is 15.0. The smallest absolute Gasteiger partial charge is 0.130 e. The summed E-state index contributed by atoms with van der Waals surface area (Å²) in [5.74, 6) is 2.61. The average molecular weight is 426 g/mol. The number of hydrogen-bond acceptors (Lipinski definition) is 5. The lowest BCUT2D eigenvalue weighted by atomic mass is 10.00. The maximum absolute atomic E-state index is 6.20. The summed E-state index contributed by atoms with van der Waals surface area (Å²) >= 11 is 0. The number of aromatic nitrogens is 2. The molecule has 2 heterocycles. The van der Waals surface area contributed by atoms with Crippen molar-refractivity contribution in [2.24, 2.45) is 5.73 Å². The molecule has 0 bridgehead atoms. The van der Waals surface area contributed by atoms with Gasteiger partial charge in [0, 0.05) is 37.0 Å². The quantitative estimate of drug-likeness (QED) is 0.393. The van der Waals surface area contributed by atoms with Gasteiger partial charge >= 0.3 is 0 Å². The highest BCUT2D eigenvalue weighted by Crippen LogP contribution is 2.39. The van der Waals surface area contributed by atoms with Crippen molar-refractivity contribution in [3.05, 3.63) is 90.0 Å². The summed E-state index contributed by atoms with van der Waals surface area (Å²) in [6, 6.07) is 26.4. The van der Waals surface area contributed by atoms with E-state index in [0.29, 0.717) is 6.54 Å². The number of benzene rings is 3. The van der Waals surface area contributed by atoms with Crippen molar-refractivity contribution in [3.63, 3.8) is 0 Å². The van der Waals surface area contributed by atoms with Gasteiger partial charge in [0.25, 0.3) is 0 Å². The lowest BCUT2D eigenvalue weighted by Gasteiger charge is -2.28. The second-order valence-electron chi connectivity index (χ2n) is 7.83. The molecule has 1 unspecified atom stereocenters. The van der Waals surface area contributed by atoms with Crippen LogP contribution in [-0.4, -0.2) is 23.4 Å². The highest BCUT2D eigenvalue weighted by atomic mass is 16.5. The van der Waals surface area contributed by atoms with Crippen molar-refractivity contribution in [1.82, 2.24) is 9.78 Å². The first-order chi connectivity index (χ1) is 15.8. The van der Waals surface area contributed by atoms with Gasteiger partial charge < -0.3 is 21.1 Å². The molecule has 4 aromatic rings. The van der Waals surface area contributed by atoms with Crippen molar-refractivity contribution < 1.29 is 4.74 Å². The van der Waals surface area contributed by atoms with E-state index < -0.39 is 0 Å². The number of nitrogens with one attached hydrogen (secondary N) is 2. The van der Waals surface area contributed by atoms with Crippen LogP contribution in [0.25, 0.3) is 11.3 Å². The first kappa shape index (κ1) is 20.2. The Hall–Kier alpha value is -3.77. The molecule has 1 aromatic heterocycles. The SMILES string of the molecule is CNc1ccccc1C1CCNc2c(CN)c(-c3ccc(Oc4ccccc4)cc3)nn21. The monoisotopic (exact) mass is 425 g/mol. The summed E-state index contributed by atoms with van der Waals surface area (Å²) in [5.41, 5.74) is 11.5. The zero-order valence-electron chi connectivity index (χ0n) is 18.1. The summed E-state index contributed by atoms with van der Waals surface area (Å²) in [4.78, 5) is 0. The van der Waals surface area contributed by atoms with Gasteiger partial charge in [0.2, 0.25) is 0 Å². The van der Waals surface area contributed by atoms with E-state index in [1.54, 1.807) is 0 Å². The van der Waals surface area contributed by atoms with E-state index in [9.17, 15) is 0 Å². The Labute approximate surface area is 188 Å². The Kier molecular flexibility index (Phi) is 5.52. The van der Waals surface area contributed by atoms with E-state index >= 15 is 0 Å². The van der Waals surface area contributed by atoms with Gasteiger partial charge in [0.1, 0.15) is 17.3 Å². The van der Waals surface area contributed by atoms with Crippen LogP contribution in [0.1, 0.15) is 23.6 Å². The molecule has 162 valence electrons. The number of hydrogen-bond donors (Lipinski definition) is 3. The van der Waals surface area contributed by atoms with Crippen LogP contribution in [-0.2, 0) is 6.54 Å². The van der Waals surface area contributed by atoms with Gasteiger partial charge in [-0.2, -0.15) is 5.10 Å². The van der Waals surface area contributed by atoms with E-state index in [0.717, 1.165) is 52.8 Å². The third-order valence-electron chi connectivity index (χ3n) is 5.91. The van der Waals surface area contributed by atoms with Gasteiger partial charge in [0.15, 0.2) is 0 Å². The Balaban J connectivity index is 1.50. The second-order valence-corrected chi connectivity index (χ2v) is 7.83. The van der Waals surface area contributed by atoms with Crippen molar-refractivity contribution in [2.75, 3.05) is 24.2 Å². The molecule has 0 saturated heterocycles. The number of rotatable bonds is 6. The fraction of sp³-hybridized carbons (Fsp3) is 0.192. The lowest BCUT2D eigenvalue weighted by molar-refractivity contribution is 0.482. The molecular formula is C26H27N5O. The lowest BCUT2D eigenvalue weighted by Crippen LogP contribution is -2.25. The number of anilines is 2. The van der Waals surface area contributed by atoms with Gasteiger partial charge in [0.05, 0.1) is 11.7 Å². The van der Waals surface area contributed by atoms with Crippen LogP contribution in [0.2, 0.25) is 0 Å². The standard InChI is InChI=1S/C26H27N5O/c1-28-23-10-6-5-9-21(23)24-15-16-29-26-22(17-27)25(30-31(24)26)18-11-13-20(14-12-18)32-19-7-3-2-4-8-19/h2-14,24,28-29H,15-17,27H2,1H3. The zero-order chi connectivity index (χ0) is 21.9. The van der Waals surface area contributed by atoms with E-state index in [1.807, 2.05) is 61.6 Å². The van der Waals surface area contributed by atoms with Crippen LogP contribution in [0.3, 0.4) is 0 Å². The molecule has 0 spiro atoms. The number of ether oxygens (including phenoxy) is 1. The molecule has 6 nitrogen and oxygen atoms in total. The molecule has 4 N–H and O–H groups in total. The number of nitrogens with zero attached hydrogens (tertiary/aromatic N) is 2. The van der Waals surface area contributed by atoms with Crippen LogP contribution >= 0.6 is 0 Å². The van der Waals surface area contributed by atoms with E-state index in [4.69, 9.17) is 15.6 Å². The molecule has 0 radical (unpaired) electrons. The fourth-order valence-corrected chi connectivity index (χ4v) is 4.36. The molecule has 0 fully saturated rings. The molecule has 5 rings (SSSR count). The minimum atomic E-state index is 0.148.